The summed E-state index contributed by atoms with van der Waals surface area (Å²) in [7, 11) is 1.80. The first-order valence-electron chi connectivity index (χ1n) is 8.95. The minimum atomic E-state index is -0.359. The molecule has 27 heavy (non-hydrogen) atoms. The van der Waals surface area contributed by atoms with E-state index >= 15 is 0 Å². The zero-order valence-electron chi connectivity index (χ0n) is 15.4. The molecular formula is C21H22BrFN2O2. The molecule has 0 bridgehead atoms. The van der Waals surface area contributed by atoms with Gasteiger partial charge in [0.15, 0.2) is 0 Å². The lowest BCUT2D eigenvalue weighted by molar-refractivity contribution is -0.123. The first-order chi connectivity index (χ1) is 12.9. The largest absolute Gasteiger partial charge is 0.339 e. The van der Waals surface area contributed by atoms with Crippen LogP contribution >= 0.6 is 15.9 Å². The summed E-state index contributed by atoms with van der Waals surface area (Å²) in [4.78, 5) is 28.9. The van der Waals surface area contributed by atoms with Gasteiger partial charge < -0.3 is 9.80 Å². The molecule has 6 heteroatoms. The summed E-state index contributed by atoms with van der Waals surface area (Å²) in [6.45, 7) is 3.04. The average molecular weight is 433 g/mol. The zero-order chi connectivity index (χ0) is 19.6. The van der Waals surface area contributed by atoms with Crippen molar-refractivity contribution in [1.82, 2.24) is 4.90 Å². The molecule has 3 rings (SSSR count). The Morgan fingerprint density at radius 2 is 1.74 bits per heavy atom. The highest BCUT2D eigenvalue weighted by Crippen LogP contribution is 2.27. The van der Waals surface area contributed by atoms with Gasteiger partial charge in [-0.3, -0.25) is 9.59 Å². The molecule has 1 fully saturated rings. The van der Waals surface area contributed by atoms with Gasteiger partial charge in [0.1, 0.15) is 5.82 Å². The van der Waals surface area contributed by atoms with Crippen LogP contribution in [-0.2, 0) is 4.79 Å². The lowest BCUT2D eigenvalue weighted by Gasteiger charge is -2.33. The SMILES string of the molecule is Cc1cc(Br)ccc1N(C)C(=O)C1CCN(C(=O)c2ccc(F)cc2)CC1. The fourth-order valence-electron chi connectivity index (χ4n) is 3.49. The predicted molar refractivity (Wildman–Crippen MR) is 107 cm³/mol. The molecule has 0 unspecified atom stereocenters. The van der Waals surface area contributed by atoms with Crippen LogP contribution in [0.3, 0.4) is 0 Å². The number of anilines is 1. The Morgan fingerprint density at radius 3 is 2.33 bits per heavy atom. The molecule has 0 radical (unpaired) electrons. The van der Waals surface area contributed by atoms with Crippen LogP contribution in [0, 0.1) is 18.7 Å². The summed E-state index contributed by atoms with van der Waals surface area (Å²) in [5.74, 6) is -0.496. The standard InChI is InChI=1S/C21H22BrFN2O2/c1-14-13-17(22)5-8-19(14)24(2)20(26)16-9-11-25(12-10-16)21(27)15-3-6-18(23)7-4-15/h3-8,13,16H,9-12H2,1-2H3. The summed E-state index contributed by atoms with van der Waals surface area (Å²) >= 11 is 3.44. The monoisotopic (exact) mass is 432 g/mol. The van der Waals surface area contributed by atoms with Gasteiger partial charge >= 0.3 is 0 Å². The summed E-state index contributed by atoms with van der Waals surface area (Å²) in [5.41, 5.74) is 2.40. The van der Waals surface area contributed by atoms with Crippen LogP contribution in [0.15, 0.2) is 46.9 Å². The number of piperidine rings is 1. The van der Waals surface area contributed by atoms with Crippen LogP contribution in [0.4, 0.5) is 10.1 Å². The number of carbonyl (C=O) groups is 2. The van der Waals surface area contributed by atoms with Crippen molar-refractivity contribution in [3.63, 3.8) is 0 Å². The van der Waals surface area contributed by atoms with Crippen molar-refractivity contribution < 1.29 is 14.0 Å². The highest BCUT2D eigenvalue weighted by molar-refractivity contribution is 9.10. The van der Waals surface area contributed by atoms with Crippen LogP contribution in [0.5, 0.6) is 0 Å². The van der Waals surface area contributed by atoms with E-state index in [0.29, 0.717) is 31.5 Å². The lowest BCUT2D eigenvalue weighted by Crippen LogP contribution is -2.43. The third kappa shape index (κ3) is 4.38. The number of hydrogen-bond acceptors (Lipinski definition) is 2. The van der Waals surface area contributed by atoms with Crippen LogP contribution < -0.4 is 4.90 Å². The molecule has 1 heterocycles. The first kappa shape index (κ1) is 19.5. The number of nitrogens with zero attached hydrogens (tertiary/aromatic N) is 2. The van der Waals surface area contributed by atoms with Crippen molar-refractivity contribution in [3.05, 3.63) is 63.9 Å². The second kappa shape index (κ2) is 8.21. The molecule has 2 aromatic rings. The average Bonchev–Trinajstić information content (AvgIpc) is 2.67. The Hall–Kier alpha value is -2.21. The Morgan fingerprint density at radius 1 is 1.11 bits per heavy atom. The smallest absolute Gasteiger partial charge is 0.253 e. The fraction of sp³-hybridized carbons (Fsp3) is 0.333. The van der Waals surface area contributed by atoms with Crippen LogP contribution in [0.1, 0.15) is 28.8 Å². The van der Waals surface area contributed by atoms with E-state index in [9.17, 15) is 14.0 Å². The van der Waals surface area contributed by atoms with E-state index in [1.807, 2.05) is 25.1 Å². The fourth-order valence-corrected chi connectivity index (χ4v) is 3.97. The van der Waals surface area contributed by atoms with Gasteiger partial charge in [0.05, 0.1) is 0 Å². The van der Waals surface area contributed by atoms with Crippen molar-refractivity contribution >= 4 is 33.4 Å². The lowest BCUT2D eigenvalue weighted by atomic mass is 9.94. The van der Waals surface area contributed by atoms with Gasteiger partial charge in [-0.15, -0.1) is 0 Å². The molecule has 0 atom stereocenters. The topological polar surface area (TPSA) is 40.6 Å². The van der Waals surface area contributed by atoms with Crippen LogP contribution in [0.25, 0.3) is 0 Å². The number of aryl methyl sites for hydroxylation is 1. The van der Waals surface area contributed by atoms with E-state index in [4.69, 9.17) is 0 Å². The van der Waals surface area contributed by atoms with Gasteiger partial charge in [0, 0.05) is 41.8 Å². The molecule has 4 nitrogen and oxygen atoms in total. The van der Waals surface area contributed by atoms with Gasteiger partial charge in [-0.2, -0.15) is 0 Å². The second-order valence-corrected chi connectivity index (χ2v) is 7.82. The Balaban J connectivity index is 1.62. The van der Waals surface area contributed by atoms with E-state index in [1.165, 1.54) is 24.3 Å². The summed E-state index contributed by atoms with van der Waals surface area (Å²) in [5, 5.41) is 0. The number of halogens is 2. The third-order valence-electron chi connectivity index (χ3n) is 5.07. The maximum Gasteiger partial charge on any atom is 0.253 e. The van der Waals surface area contributed by atoms with E-state index in [2.05, 4.69) is 15.9 Å². The van der Waals surface area contributed by atoms with Gasteiger partial charge in [0.2, 0.25) is 5.91 Å². The number of benzene rings is 2. The minimum absolute atomic E-state index is 0.0781. The molecule has 0 aromatic heterocycles. The molecule has 2 aromatic carbocycles. The number of carbonyl (C=O) groups excluding carboxylic acids is 2. The number of likely N-dealkylation sites (tertiary alicyclic amines) is 1. The van der Waals surface area contributed by atoms with E-state index < -0.39 is 0 Å². The number of rotatable bonds is 3. The van der Waals surface area contributed by atoms with E-state index in [-0.39, 0.29) is 23.5 Å². The van der Waals surface area contributed by atoms with Crippen LogP contribution in [-0.4, -0.2) is 36.9 Å². The number of hydrogen-bond donors (Lipinski definition) is 0. The Bertz CT molecular complexity index is 846. The van der Waals surface area contributed by atoms with Crippen molar-refractivity contribution in [3.8, 4) is 0 Å². The zero-order valence-corrected chi connectivity index (χ0v) is 17.0. The molecule has 142 valence electrons. The quantitative estimate of drug-likeness (QED) is 0.720. The van der Waals surface area contributed by atoms with Crippen molar-refractivity contribution in [1.29, 1.82) is 0 Å². The molecule has 0 aliphatic carbocycles. The maximum absolute atomic E-state index is 13.0. The number of amides is 2. The normalized spacial score (nSPS) is 14.9. The van der Waals surface area contributed by atoms with E-state index in [1.54, 1.807) is 16.8 Å². The molecule has 1 aliphatic rings. The Labute approximate surface area is 167 Å². The van der Waals surface area contributed by atoms with Gasteiger partial charge in [0.25, 0.3) is 5.91 Å². The molecule has 0 N–H and O–H groups in total. The molecule has 1 saturated heterocycles. The van der Waals surface area contributed by atoms with Gasteiger partial charge in [-0.25, -0.2) is 4.39 Å². The third-order valence-corrected chi connectivity index (χ3v) is 5.57. The summed E-state index contributed by atoms with van der Waals surface area (Å²) in [6.07, 6.45) is 1.26. The van der Waals surface area contributed by atoms with E-state index in [0.717, 1.165) is 15.7 Å². The molecule has 2 amide bonds. The molecule has 1 aliphatic heterocycles. The molecule has 0 spiro atoms. The molecular weight excluding hydrogens is 411 g/mol. The minimum Gasteiger partial charge on any atom is -0.339 e. The first-order valence-corrected chi connectivity index (χ1v) is 9.74. The van der Waals surface area contributed by atoms with Crippen LogP contribution in [0.2, 0.25) is 0 Å². The second-order valence-electron chi connectivity index (χ2n) is 6.90. The highest BCUT2D eigenvalue weighted by Gasteiger charge is 2.30. The predicted octanol–water partition coefficient (Wildman–Crippen LogP) is 4.41. The molecule has 0 saturated carbocycles. The summed E-state index contributed by atoms with van der Waals surface area (Å²) in [6, 6.07) is 11.4. The Kier molecular flexibility index (Phi) is 5.95. The maximum atomic E-state index is 13.0. The van der Waals surface area contributed by atoms with Crippen molar-refractivity contribution in [2.24, 2.45) is 5.92 Å². The highest BCUT2D eigenvalue weighted by atomic mass is 79.9. The van der Waals surface area contributed by atoms with Crippen molar-refractivity contribution in [2.45, 2.75) is 19.8 Å². The van der Waals surface area contributed by atoms with Gasteiger partial charge in [-0.1, -0.05) is 15.9 Å². The van der Waals surface area contributed by atoms with Gasteiger partial charge in [-0.05, 0) is 67.8 Å². The van der Waals surface area contributed by atoms with Crippen molar-refractivity contribution in [2.75, 3.05) is 25.0 Å². The summed E-state index contributed by atoms with van der Waals surface area (Å²) < 4.78 is 14.0.